The van der Waals surface area contributed by atoms with Gasteiger partial charge in [-0.25, -0.2) is 0 Å². The van der Waals surface area contributed by atoms with Gasteiger partial charge in [-0.3, -0.25) is 9.78 Å². The third-order valence-corrected chi connectivity index (χ3v) is 3.45. The number of hydrogen-bond donors (Lipinski definition) is 1. The molecule has 0 aromatic carbocycles. The first-order chi connectivity index (χ1) is 8.09. The number of nitrogens with zero attached hydrogens (tertiary/aromatic N) is 2. The number of pyridine rings is 1. The van der Waals surface area contributed by atoms with Crippen LogP contribution in [0, 0.1) is 0 Å². The highest BCUT2D eigenvalue weighted by atomic mass is 79.9. The lowest BCUT2D eigenvalue weighted by Crippen LogP contribution is -2.57. The van der Waals surface area contributed by atoms with Gasteiger partial charge in [0, 0.05) is 42.0 Å². The Hall–Kier alpha value is -0.940. The van der Waals surface area contributed by atoms with Gasteiger partial charge in [0.25, 0.3) is 5.91 Å². The molecule has 0 aliphatic carbocycles. The fraction of sp³-hybridized carbons (Fsp3) is 0.500. The van der Waals surface area contributed by atoms with Crippen LogP contribution in [0.25, 0.3) is 0 Å². The van der Waals surface area contributed by atoms with Crippen molar-refractivity contribution in [3.05, 3.63) is 28.5 Å². The van der Waals surface area contributed by atoms with E-state index in [9.17, 15) is 4.79 Å². The Labute approximate surface area is 110 Å². The third-order valence-electron chi connectivity index (χ3n) is 3.02. The highest BCUT2D eigenvalue weighted by Crippen LogP contribution is 2.17. The number of piperazine rings is 1. The van der Waals surface area contributed by atoms with Crippen LogP contribution in [0.3, 0.4) is 0 Å². The van der Waals surface area contributed by atoms with Crippen molar-refractivity contribution in [3.8, 4) is 0 Å². The quantitative estimate of drug-likeness (QED) is 0.858. The Balaban J connectivity index is 2.24. The van der Waals surface area contributed by atoms with Gasteiger partial charge < -0.3 is 10.2 Å². The summed E-state index contributed by atoms with van der Waals surface area (Å²) < 4.78 is 0.832. The van der Waals surface area contributed by atoms with Gasteiger partial charge in [-0.05, 0) is 35.8 Å². The molecule has 2 unspecified atom stereocenters. The smallest absolute Gasteiger partial charge is 0.256 e. The van der Waals surface area contributed by atoms with Gasteiger partial charge in [-0.15, -0.1) is 0 Å². The van der Waals surface area contributed by atoms with Crippen molar-refractivity contribution >= 4 is 21.8 Å². The van der Waals surface area contributed by atoms with Crippen LogP contribution >= 0.6 is 15.9 Å². The van der Waals surface area contributed by atoms with E-state index >= 15 is 0 Å². The van der Waals surface area contributed by atoms with Crippen molar-refractivity contribution in [2.45, 2.75) is 25.9 Å². The Morgan fingerprint density at radius 3 is 2.65 bits per heavy atom. The summed E-state index contributed by atoms with van der Waals surface area (Å²) in [7, 11) is 0. The number of halogens is 1. The summed E-state index contributed by atoms with van der Waals surface area (Å²) in [4.78, 5) is 18.4. The minimum absolute atomic E-state index is 0.0558. The molecule has 4 nitrogen and oxygen atoms in total. The summed E-state index contributed by atoms with van der Waals surface area (Å²) in [6, 6.07) is 2.24. The molecular weight excluding hydrogens is 282 g/mol. The summed E-state index contributed by atoms with van der Waals surface area (Å²) in [5, 5.41) is 3.31. The standard InChI is InChI=1S/C12H16BrN3O/c1-8-4-14-5-9(2)16(8)12(17)10-3-11(13)7-15-6-10/h3,6-9,14H,4-5H2,1-2H3. The highest BCUT2D eigenvalue weighted by Gasteiger charge is 2.29. The molecule has 1 aromatic heterocycles. The van der Waals surface area contributed by atoms with Gasteiger partial charge >= 0.3 is 0 Å². The Kier molecular flexibility index (Phi) is 3.79. The maximum Gasteiger partial charge on any atom is 0.256 e. The zero-order valence-electron chi connectivity index (χ0n) is 9.98. The molecule has 2 rings (SSSR count). The molecule has 5 heteroatoms. The number of carbonyl (C=O) groups excluding carboxylic acids is 1. The number of carbonyl (C=O) groups is 1. The van der Waals surface area contributed by atoms with Gasteiger partial charge in [0.2, 0.25) is 0 Å². The lowest BCUT2D eigenvalue weighted by molar-refractivity contribution is 0.0544. The number of rotatable bonds is 1. The molecule has 1 fully saturated rings. The van der Waals surface area contributed by atoms with Gasteiger partial charge in [0.15, 0.2) is 0 Å². The molecule has 1 aliphatic heterocycles. The second-order valence-corrected chi connectivity index (χ2v) is 5.38. The van der Waals surface area contributed by atoms with Gasteiger partial charge in [-0.2, -0.15) is 0 Å². The molecule has 2 heterocycles. The molecule has 1 N–H and O–H groups in total. The van der Waals surface area contributed by atoms with Crippen molar-refractivity contribution < 1.29 is 4.79 Å². The van der Waals surface area contributed by atoms with Crippen molar-refractivity contribution in [2.24, 2.45) is 0 Å². The van der Waals surface area contributed by atoms with Crippen LogP contribution < -0.4 is 5.32 Å². The minimum atomic E-state index is 0.0558. The summed E-state index contributed by atoms with van der Waals surface area (Å²) in [5.74, 6) is 0.0558. The van der Waals surface area contributed by atoms with Gasteiger partial charge in [-0.1, -0.05) is 0 Å². The second-order valence-electron chi connectivity index (χ2n) is 4.46. The van der Waals surface area contributed by atoms with E-state index in [1.165, 1.54) is 0 Å². The van der Waals surface area contributed by atoms with E-state index in [0.29, 0.717) is 5.56 Å². The largest absolute Gasteiger partial charge is 0.331 e. The van der Waals surface area contributed by atoms with Crippen LogP contribution in [-0.4, -0.2) is 41.0 Å². The van der Waals surface area contributed by atoms with Crippen molar-refractivity contribution in [2.75, 3.05) is 13.1 Å². The van der Waals surface area contributed by atoms with E-state index in [-0.39, 0.29) is 18.0 Å². The van der Waals surface area contributed by atoms with Crippen molar-refractivity contribution in [1.29, 1.82) is 0 Å². The van der Waals surface area contributed by atoms with Crippen molar-refractivity contribution in [3.63, 3.8) is 0 Å². The Morgan fingerprint density at radius 1 is 1.41 bits per heavy atom. The van der Waals surface area contributed by atoms with Crippen molar-refractivity contribution in [1.82, 2.24) is 15.2 Å². The molecule has 1 aromatic rings. The normalized spacial score (nSPS) is 24.8. The number of aromatic nitrogens is 1. The van der Waals surface area contributed by atoms with Crippen LogP contribution in [0.1, 0.15) is 24.2 Å². The molecule has 0 bridgehead atoms. The zero-order chi connectivity index (χ0) is 12.4. The number of amides is 1. The first kappa shape index (κ1) is 12.5. The fourth-order valence-electron chi connectivity index (χ4n) is 2.21. The van der Waals surface area contributed by atoms with E-state index in [1.54, 1.807) is 12.4 Å². The SMILES string of the molecule is CC1CNCC(C)N1C(=O)c1cncc(Br)c1. The minimum Gasteiger partial charge on any atom is -0.331 e. The van der Waals surface area contributed by atoms with Crippen LogP contribution in [0.2, 0.25) is 0 Å². The molecule has 1 amide bonds. The van der Waals surface area contributed by atoms with E-state index in [4.69, 9.17) is 0 Å². The topological polar surface area (TPSA) is 45.2 Å². The van der Waals surface area contributed by atoms with E-state index in [1.807, 2.05) is 11.0 Å². The summed E-state index contributed by atoms with van der Waals surface area (Å²) in [6.45, 7) is 5.81. The monoisotopic (exact) mass is 297 g/mol. The van der Waals surface area contributed by atoms with Crippen LogP contribution in [0.15, 0.2) is 22.9 Å². The second kappa shape index (κ2) is 5.14. The molecule has 1 aliphatic rings. The Morgan fingerprint density at radius 2 is 2.06 bits per heavy atom. The Bertz CT molecular complexity index is 414. The summed E-state index contributed by atoms with van der Waals surface area (Å²) in [6.07, 6.45) is 3.30. The average molecular weight is 298 g/mol. The molecule has 1 saturated heterocycles. The molecule has 0 spiro atoms. The average Bonchev–Trinajstić information content (AvgIpc) is 2.28. The molecule has 17 heavy (non-hydrogen) atoms. The highest BCUT2D eigenvalue weighted by molar-refractivity contribution is 9.10. The first-order valence-electron chi connectivity index (χ1n) is 5.73. The lowest BCUT2D eigenvalue weighted by atomic mass is 10.1. The molecule has 92 valence electrons. The first-order valence-corrected chi connectivity index (χ1v) is 6.53. The van der Waals surface area contributed by atoms with E-state index < -0.39 is 0 Å². The van der Waals surface area contributed by atoms with Crippen LogP contribution in [-0.2, 0) is 0 Å². The molecular formula is C12H16BrN3O. The summed E-state index contributed by atoms with van der Waals surface area (Å²) in [5.41, 5.74) is 0.639. The fourth-order valence-corrected chi connectivity index (χ4v) is 2.58. The molecule has 0 saturated carbocycles. The van der Waals surface area contributed by atoms with E-state index in [0.717, 1.165) is 17.6 Å². The maximum absolute atomic E-state index is 12.4. The van der Waals surface area contributed by atoms with Crippen LogP contribution in [0.4, 0.5) is 0 Å². The number of nitrogens with one attached hydrogen (secondary N) is 1. The van der Waals surface area contributed by atoms with Crippen LogP contribution in [0.5, 0.6) is 0 Å². The predicted octanol–water partition coefficient (Wildman–Crippen LogP) is 1.67. The lowest BCUT2D eigenvalue weighted by Gasteiger charge is -2.39. The maximum atomic E-state index is 12.4. The summed E-state index contributed by atoms with van der Waals surface area (Å²) >= 11 is 3.34. The van der Waals surface area contributed by atoms with Gasteiger partial charge in [0.1, 0.15) is 0 Å². The van der Waals surface area contributed by atoms with E-state index in [2.05, 4.69) is 40.1 Å². The van der Waals surface area contributed by atoms with Gasteiger partial charge in [0.05, 0.1) is 5.56 Å². The molecule has 2 atom stereocenters. The zero-order valence-corrected chi connectivity index (χ0v) is 11.6. The molecule has 0 radical (unpaired) electrons. The number of hydrogen-bond acceptors (Lipinski definition) is 3. The predicted molar refractivity (Wildman–Crippen MR) is 69.9 cm³/mol. The third kappa shape index (κ3) is 2.66.